The van der Waals surface area contributed by atoms with Crippen LogP contribution in [0.4, 0.5) is 0 Å². The minimum atomic E-state index is -0.220. The number of nitrogens with zero attached hydrogens (tertiary/aromatic N) is 1. The van der Waals surface area contributed by atoms with Gasteiger partial charge in [-0.1, -0.05) is 30.7 Å². The molecule has 0 spiro atoms. The Morgan fingerprint density at radius 2 is 2.00 bits per heavy atom. The van der Waals surface area contributed by atoms with Gasteiger partial charge in [0.25, 0.3) is 0 Å². The Kier molecular flexibility index (Phi) is 3.94. The number of hydrogen-bond donors (Lipinski definition) is 1. The minimum Gasteiger partial charge on any atom is -0.323 e. The maximum atomic E-state index is 8.86. The highest BCUT2D eigenvalue weighted by Gasteiger charge is 2.16. The van der Waals surface area contributed by atoms with E-state index < -0.39 is 0 Å². The molecule has 0 aliphatic carbocycles. The maximum absolute atomic E-state index is 8.86. The zero-order valence-electron chi connectivity index (χ0n) is 8.07. The molecule has 0 amide bonds. The van der Waals surface area contributed by atoms with Crippen molar-refractivity contribution in [1.29, 1.82) is 5.26 Å². The van der Waals surface area contributed by atoms with Crippen LogP contribution in [0.3, 0.4) is 0 Å². The SMILES string of the molecule is CCC(C#N)C(N)c1ccc(Cl)cc1. The van der Waals surface area contributed by atoms with E-state index in [2.05, 4.69) is 6.07 Å². The van der Waals surface area contributed by atoms with Gasteiger partial charge in [-0.3, -0.25) is 0 Å². The second kappa shape index (κ2) is 4.99. The molecule has 1 aromatic carbocycles. The highest BCUT2D eigenvalue weighted by Crippen LogP contribution is 2.22. The molecule has 0 saturated carbocycles. The molecule has 1 aromatic rings. The summed E-state index contributed by atoms with van der Waals surface area (Å²) >= 11 is 5.76. The van der Waals surface area contributed by atoms with Crippen LogP contribution in [0.15, 0.2) is 24.3 Å². The zero-order chi connectivity index (χ0) is 10.6. The molecule has 2 atom stereocenters. The van der Waals surface area contributed by atoms with Crippen molar-refractivity contribution in [2.75, 3.05) is 0 Å². The van der Waals surface area contributed by atoms with E-state index in [-0.39, 0.29) is 12.0 Å². The summed E-state index contributed by atoms with van der Waals surface area (Å²) in [5.41, 5.74) is 6.91. The summed E-state index contributed by atoms with van der Waals surface area (Å²) in [6.45, 7) is 1.96. The monoisotopic (exact) mass is 208 g/mol. The Labute approximate surface area is 89.3 Å². The van der Waals surface area contributed by atoms with Crippen molar-refractivity contribution in [3.63, 3.8) is 0 Å². The summed E-state index contributed by atoms with van der Waals surface area (Å²) in [6, 6.07) is 9.31. The smallest absolute Gasteiger partial charge is 0.0675 e. The standard InChI is InChI=1S/C11H13ClN2/c1-2-8(7-13)11(14)9-3-5-10(12)6-4-9/h3-6,8,11H,2,14H2,1H3. The Bertz CT molecular complexity index is 326. The second-order valence-electron chi connectivity index (χ2n) is 3.22. The first kappa shape index (κ1) is 11.0. The van der Waals surface area contributed by atoms with Crippen molar-refractivity contribution in [3.05, 3.63) is 34.9 Å². The first-order chi connectivity index (χ1) is 6.69. The number of rotatable bonds is 3. The molecule has 0 saturated heterocycles. The molecule has 2 nitrogen and oxygen atoms in total. The fourth-order valence-corrected chi connectivity index (χ4v) is 1.47. The van der Waals surface area contributed by atoms with E-state index in [0.717, 1.165) is 12.0 Å². The fourth-order valence-electron chi connectivity index (χ4n) is 1.34. The summed E-state index contributed by atoms with van der Waals surface area (Å²) in [7, 11) is 0. The molecule has 0 aromatic heterocycles. The normalized spacial score (nSPS) is 14.4. The molecule has 0 heterocycles. The lowest BCUT2D eigenvalue weighted by atomic mass is 9.93. The number of nitrogens with two attached hydrogens (primary N) is 1. The lowest BCUT2D eigenvalue weighted by Gasteiger charge is -2.16. The topological polar surface area (TPSA) is 49.8 Å². The summed E-state index contributed by atoms with van der Waals surface area (Å²) in [6.07, 6.45) is 0.764. The molecule has 0 bridgehead atoms. The van der Waals surface area contributed by atoms with Crippen LogP contribution in [0.1, 0.15) is 24.9 Å². The molecule has 3 heteroatoms. The molecule has 0 aliphatic rings. The third kappa shape index (κ3) is 2.47. The van der Waals surface area contributed by atoms with Gasteiger partial charge in [-0.15, -0.1) is 0 Å². The van der Waals surface area contributed by atoms with Crippen LogP contribution in [0.5, 0.6) is 0 Å². The van der Waals surface area contributed by atoms with E-state index in [1.807, 2.05) is 19.1 Å². The summed E-state index contributed by atoms with van der Waals surface area (Å²) in [4.78, 5) is 0. The zero-order valence-corrected chi connectivity index (χ0v) is 8.83. The van der Waals surface area contributed by atoms with E-state index >= 15 is 0 Å². The predicted octanol–water partition coefficient (Wildman–Crippen LogP) is 2.89. The van der Waals surface area contributed by atoms with Crippen LogP contribution < -0.4 is 5.73 Å². The van der Waals surface area contributed by atoms with Gasteiger partial charge in [-0.25, -0.2) is 0 Å². The molecule has 1 rings (SSSR count). The lowest BCUT2D eigenvalue weighted by molar-refractivity contribution is 0.518. The maximum Gasteiger partial charge on any atom is 0.0675 e. The molecule has 0 aliphatic heterocycles. The third-order valence-electron chi connectivity index (χ3n) is 2.29. The molecule has 2 N–H and O–H groups in total. The summed E-state index contributed by atoms with van der Waals surface area (Å²) in [5.74, 6) is -0.129. The van der Waals surface area contributed by atoms with E-state index in [1.165, 1.54) is 0 Å². The van der Waals surface area contributed by atoms with E-state index in [9.17, 15) is 0 Å². The van der Waals surface area contributed by atoms with Crippen molar-refractivity contribution >= 4 is 11.6 Å². The summed E-state index contributed by atoms with van der Waals surface area (Å²) < 4.78 is 0. The highest BCUT2D eigenvalue weighted by molar-refractivity contribution is 6.30. The third-order valence-corrected chi connectivity index (χ3v) is 2.55. The Balaban J connectivity index is 2.84. The van der Waals surface area contributed by atoms with Gasteiger partial charge >= 0.3 is 0 Å². The van der Waals surface area contributed by atoms with Crippen molar-refractivity contribution in [2.24, 2.45) is 11.7 Å². The van der Waals surface area contributed by atoms with Crippen LogP contribution in [-0.2, 0) is 0 Å². The molecule has 14 heavy (non-hydrogen) atoms. The van der Waals surface area contributed by atoms with Gasteiger partial charge in [-0.2, -0.15) is 5.26 Å². The Morgan fingerprint density at radius 3 is 2.43 bits per heavy atom. The Morgan fingerprint density at radius 1 is 1.43 bits per heavy atom. The van der Waals surface area contributed by atoms with Crippen LogP contribution in [0.25, 0.3) is 0 Å². The number of halogens is 1. The van der Waals surface area contributed by atoms with Crippen LogP contribution in [0, 0.1) is 17.2 Å². The van der Waals surface area contributed by atoms with Crippen molar-refractivity contribution in [1.82, 2.24) is 0 Å². The highest BCUT2D eigenvalue weighted by atomic mass is 35.5. The molecule has 0 fully saturated rings. The van der Waals surface area contributed by atoms with E-state index in [0.29, 0.717) is 5.02 Å². The molecule has 2 unspecified atom stereocenters. The first-order valence-corrected chi connectivity index (χ1v) is 4.97. The van der Waals surface area contributed by atoms with Gasteiger partial charge in [-0.05, 0) is 24.1 Å². The molecular formula is C11H13ClN2. The van der Waals surface area contributed by atoms with Crippen LogP contribution >= 0.6 is 11.6 Å². The molecule has 0 radical (unpaired) electrons. The van der Waals surface area contributed by atoms with Gasteiger partial charge in [0.05, 0.1) is 12.0 Å². The number of nitriles is 1. The largest absolute Gasteiger partial charge is 0.323 e. The van der Waals surface area contributed by atoms with Crippen LogP contribution in [-0.4, -0.2) is 0 Å². The van der Waals surface area contributed by atoms with Crippen molar-refractivity contribution in [3.8, 4) is 6.07 Å². The van der Waals surface area contributed by atoms with Gasteiger partial charge < -0.3 is 5.73 Å². The Hall–Kier alpha value is -1.04. The van der Waals surface area contributed by atoms with E-state index in [4.69, 9.17) is 22.6 Å². The predicted molar refractivity (Wildman–Crippen MR) is 57.8 cm³/mol. The lowest BCUT2D eigenvalue weighted by Crippen LogP contribution is -2.19. The summed E-state index contributed by atoms with van der Waals surface area (Å²) in [5, 5.41) is 9.54. The minimum absolute atomic E-state index is 0.129. The van der Waals surface area contributed by atoms with Crippen molar-refractivity contribution < 1.29 is 0 Å². The van der Waals surface area contributed by atoms with Crippen molar-refractivity contribution in [2.45, 2.75) is 19.4 Å². The fraction of sp³-hybridized carbons (Fsp3) is 0.364. The van der Waals surface area contributed by atoms with Gasteiger partial charge in [0.1, 0.15) is 0 Å². The average molecular weight is 209 g/mol. The molecular weight excluding hydrogens is 196 g/mol. The average Bonchev–Trinajstić information content (AvgIpc) is 2.20. The van der Waals surface area contributed by atoms with Gasteiger partial charge in [0, 0.05) is 11.1 Å². The number of benzene rings is 1. The van der Waals surface area contributed by atoms with Gasteiger partial charge in [0.2, 0.25) is 0 Å². The quantitative estimate of drug-likeness (QED) is 0.831. The first-order valence-electron chi connectivity index (χ1n) is 4.59. The second-order valence-corrected chi connectivity index (χ2v) is 3.66. The molecule has 74 valence electrons. The number of hydrogen-bond acceptors (Lipinski definition) is 2. The van der Waals surface area contributed by atoms with E-state index in [1.54, 1.807) is 12.1 Å². The van der Waals surface area contributed by atoms with Crippen LogP contribution in [0.2, 0.25) is 5.02 Å². The van der Waals surface area contributed by atoms with Gasteiger partial charge in [0.15, 0.2) is 0 Å².